The van der Waals surface area contributed by atoms with Gasteiger partial charge in [-0.25, -0.2) is 8.42 Å². The highest BCUT2D eigenvalue weighted by Crippen LogP contribution is 2.36. The third kappa shape index (κ3) is 4.46. The lowest BCUT2D eigenvalue weighted by Crippen LogP contribution is -2.51. The molecule has 33 heavy (non-hydrogen) atoms. The van der Waals surface area contributed by atoms with E-state index < -0.39 is 16.1 Å². The molecule has 1 aliphatic heterocycles. The molecule has 0 saturated heterocycles. The number of anilines is 1. The molecule has 3 aromatic rings. The van der Waals surface area contributed by atoms with Crippen LogP contribution in [0.2, 0.25) is 0 Å². The number of fused-ring (bicyclic) bond motifs is 2. The highest BCUT2D eigenvalue weighted by Gasteiger charge is 2.37. The maximum absolute atomic E-state index is 13.4. The molecule has 2 atom stereocenters. The molecule has 1 aliphatic carbocycles. The van der Waals surface area contributed by atoms with Crippen molar-refractivity contribution in [2.45, 2.75) is 37.2 Å². The lowest BCUT2D eigenvalue weighted by Gasteiger charge is -2.36. The fraction of sp³-hybridized carbons (Fsp3) is 0.269. The molecule has 0 aromatic heterocycles. The van der Waals surface area contributed by atoms with Gasteiger partial charge in [-0.1, -0.05) is 66.7 Å². The van der Waals surface area contributed by atoms with Crippen molar-refractivity contribution >= 4 is 21.6 Å². The Morgan fingerprint density at radius 1 is 0.970 bits per heavy atom. The number of sulfonamides is 1. The summed E-state index contributed by atoms with van der Waals surface area (Å²) in [4.78, 5) is 13.3. The highest BCUT2D eigenvalue weighted by molar-refractivity contribution is 7.92. The van der Waals surface area contributed by atoms with Gasteiger partial charge < -0.3 is 10.1 Å². The number of hydrogen-bond acceptors (Lipinski definition) is 4. The van der Waals surface area contributed by atoms with Crippen molar-refractivity contribution in [2.75, 3.05) is 10.8 Å². The molecule has 6 nitrogen and oxygen atoms in total. The number of hydrogen-bond donors (Lipinski definition) is 1. The summed E-state index contributed by atoms with van der Waals surface area (Å²) in [6.45, 7) is -0.0631. The van der Waals surface area contributed by atoms with Crippen LogP contribution in [0.25, 0.3) is 0 Å². The molecule has 1 heterocycles. The van der Waals surface area contributed by atoms with Crippen LogP contribution in [-0.4, -0.2) is 27.0 Å². The Morgan fingerprint density at radius 3 is 2.55 bits per heavy atom. The van der Waals surface area contributed by atoms with E-state index in [9.17, 15) is 13.2 Å². The largest absolute Gasteiger partial charge is 0.476 e. The zero-order valence-corrected chi connectivity index (χ0v) is 19.0. The van der Waals surface area contributed by atoms with E-state index in [1.54, 1.807) is 36.4 Å². The lowest BCUT2D eigenvalue weighted by atomic mass is 9.87. The van der Waals surface area contributed by atoms with Gasteiger partial charge in [0.1, 0.15) is 5.75 Å². The van der Waals surface area contributed by atoms with E-state index in [1.807, 2.05) is 36.4 Å². The van der Waals surface area contributed by atoms with Crippen LogP contribution < -0.4 is 14.4 Å². The molecule has 1 N–H and O–H groups in total. The second kappa shape index (κ2) is 8.90. The van der Waals surface area contributed by atoms with Crippen LogP contribution in [0, 0.1) is 0 Å². The van der Waals surface area contributed by atoms with Crippen molar-refractivity contribution in [2.24, 2.45) is 0 Å². The Bertz CT molecular complexity index is 1260. The Balaban J connectivity index is 1.39. The molecule has 0 unspecified atom stereocenters. The van der Waals surface area contributed by atoms with Crippen LogP contribution in [0.15, 0.2) is 78.9 Å². The first-order chi connectivity index (χ1) is 16.0. The number of rotatable bonds is 5. The fourth-order valence-corrected chi connectivity index (χ4v) is 6.22. The minimum atomic E-state index is -3.72. The molecule has 0 spiro atoms. The third-order valence-electron chi connectivity index (χ3n) is 6.24. The van der Waals surface area contributed by atoms with E-state index in [0.717, 1.165) is 24.8 Å². The molecule has 170 valence electrons. The molecule has 1 amide bonds. The van der Waals surface area contributed by atoms with Gasteiger partial charge in [0.2, 0.25) is 10.0 Å². The molecule has 0 fully saturated rings. The summed E-state index contributed by atoms with van der Waals surface area (Å²) in [7, 11) is -3.72. The van der Waals surface area contributed by atoms with Gasteiger partial charge in [-0.15, -0.1) is 0 Å². The number of benzene rings is 3. The SMILES string of the molecule is O=C(N[C@@H]1CCCc2ccccc21)[C@@H]1CN(S(=O)(=O)Cc2ccccc2)c2ccccc2O1. The van der Waals surface area contributed by atoms with Crippen molar-refractivity contribution in [1.29, 1.82) is 0 Å². The maximum atomic E-state index is 13.4. The summed E-state index contributed by atoms with van der Waals surface area (Å²) in [5.41, 5.74) is 3.53. The minimum absolute atomic E-state index is 0.0631. The van der Waals surface area contributed by atoms with E-state index in [4.69, 9.17) is 4.74 Å². The first-order valence-corrected chi connectivity index (χ1v) is 12.8. The molecule has 2 aliphatic rings. The summed E-state index contributed by atoms with van der Waals surface area (Å²) in [5.74, 6) is -0.0531. The zero-order valence-electron chi connectivity index (χ0n) is 18.2. The van der Waals surface area contributed by atoms with Crippen molar-refractivity contribution in [3.8, 4) is 5.75 Å². The third-order valence-corrected chi connectivity index (χ3v) is 7.96. The standard InChI is InChI=1S/C26H26N2O4S/c29-26(27-22-14-8-12-20-11-4-5-13-21(20)22)25-17-28(23-15-6-7-16-24(23)32-25)33(30,31)18-19-9-2-1-3-10-19/h1-7,9-11,13,15-16,22,25H,8,12,14,17-18H2,(H,27,29)/t22-,25+/m1/s1. The summed E-state index contributed by atoms with van der Waals surface area (Å²) < 4.78 is 34.1. The van der Waals surface area contributed by atoms with Gasteiger partial charge in [0.05, 0.1) is 24.0 Å². The predicted molar refractivity (Wildman–Crippen MR) is 128 cm³/mol. The second-order valence-corrected chi connectivity index (χ2v) is 10.4. The summed E-state index contributed by atoms with van der Waals surface area (Å²) in [5, 5.41) is 3.11. The topological polar surface area (TPSA) is 75.7 Å². The molecule has 3 aromatic carbocycles. The van der Waals surface area contributed by atoms with Gasteiger partial charge in [-0.05, 0) is 48.1 Å². The summed E-state index contributed by atoms with van der Waals surface area (Å²) in [6, 6.07) is 24.1. The molecule has 0 radical (unpaired) electrons. The number of nitrogens with one attached hydrogen (secondary N) is 1. The Hall–Kier alpha value is -3.32. The van der Waals surface area contributed by atoms with Crippen LogP contribution in [0.5, 0.6) is 5.75 Å². The number of para-hydroxylation sites is 2. The van der Waals surface area contributed by atoms with Gasteiger partial charge in [0.25, 0.3) is 5.91 Å². The average Bonchev–Trinajstić information content (AvgIpc) is 2.84. The van der Waals surface area contributed by atoms with Crippen LogP contribution in [-0.2, 0) is 27.0 Å². The molecule has 0 saturated carbocycles. The van der Waals surface area contributed by atoms with E-state index in [-0.39, 0.29) is 24.2 Å². The average molecular weight is 463 g/mol. The van der Waals surface area contributed by atoms with Gasteiger partial charge in [-0.3, -0.25) is 9.10 Å². The fourth-order valence-electron chi connectivity index (χ4n) is 4.63. The first-order valence-electron chi connectivity index (χ1n) is 11.2. The van der Waals surface area contributed by atoms with E-state index in [0.29, 0.717) is 17.0 Å². The minimum Gasteiger partial charge on any atom is -0.476 e. The van der Waals surface area contributed by atoms with Gasteiger partial charge in [-0.2, -0.15) is 0 Å². The summed E-state index contributed by atoms with van der Waals surface area (Å²) in [6.07, 6.45) is 1.91. The zero-order chi connectivity index (χ0) is 22.8. The number of carbonyl (C=O) groups is 1. The molecule has 5 rings (SSSR count). The highest BCUT2D eigenvalue weighted by atomic mass is 32.2. The quantitative estimate of drug-likeness (QED) is 0.622. The Kier molecular flexibility index (Phi) is 5.81. The Morgan fingerprint density at radius 2 is 1.70 bits per heavy atom. The molecular weight excluding hydrogens is 436 g/mol. The number of amides is 1. The van der Waals surface area contributed by atoms with Crippen LogP contribution >= 0.6 is 0 Å². The number of carbonyl (C=O) groups excluding carboxylic acids is 1. The van der Waals surface area contributed by atoms with Crippen molar-refractivity contribution in [3.63, 3.8) is 0 Å². The number of ether oxygens (including phenoxy) is 1. The van der Waals surface area contributed by atoms with Crippen molar-refractivity contribution in [3.05, 3.63) is 95.6 Å². The monoisotopic (exact) mass is 462 g/mol. The molecular formula is C26H26N2O4S. The summed E-state index contributed by atoms with van der Waals surface area (Å²) >= 11 is 0. The molecule has 7 heteroatoms. The van der Waals surface area contributed by atoms with E-state index >= 15 is 0 Å². The van der Waals surface area contributed by atoms with Gasteiger partial charge in [0.15, 0.2) is 6.10 Å². The smallest absolute Gasteiger partial charge is 0.263 e. The van der Waals surface area contributed by atoms with Crippen LogP contribution in [0.3, 0.4) is 0 Å². The van der Waals surface area contributed by atoms with Crippen molar-refractivity contribution < 1.29 is 17.9 Å². The van der Waals surface area contributed by atoms with Gasteiger partial charge >= 0.3 is 0 Å². The van der Waals surface area contributed by atoms with E-state index in [2.05, 4.69) is 11.4 Å². The predicted octanol–water partition coefficient (Wildman–Crippen LogP) is 3.98. The molecule has 0 bridgehead atoms. The van der Waals surface area contributed by atoms with Crippen molar-refractivity contribution in [1.82, 2.24) is 5.32 Å². The Labute approximate surface area is 194 Å². The van der Waals surface area contributed by atoms with Crippen LogP contribution in [0.4, 0.5) is 5.69 Å². The normalized spacial score (nSPS) is 19.7. The first kappa shape index (κ1) is 21.5. The second-order valence-electron chi connectivity index (χ2n) is 8.50. The number of nitrogens with zero attached hydrogens (tertiary/aromatic N) is 1. The van der Waals surface area contributed by atoms with Gasteiger partial charge in [0, 0.05) is 0 Å². The number of aryl methyl sites for hydroxylation is 1. The van der Waals surface area contributed by atoms with Crippen LogP contribution in [0.1, 0.15) is 35.6 Å². The lowest BCUT2D eigenvalue weighted by molar-refractivity contribution is -0.128. The van der Waals surface area contributed by atoms with E-state index in [1.165, 1.54) is 9.87 Å². The maximum Gasteiger partial charge on any atom is 0.263 e.